The SMILES string of the molecule is Nc1ncc(-c2ccc3cnc(CC(=O)c4ccnc(N5CCC6(CC5)CNC6)c4)cc3c2)s1. The molecule has 3 aromatic heterocycles. The van der Waals surface area contributed by atoms with Gasteiger partial charge in [0.05, 0.1) is 11.3 Å². The Morgan fingerprint density at radius 3 is 2.62 bits per heavy atom. The van der Waals surface area contributed by atoms with Crippen LogP contribution in [-0.4, -0.2) is 46.9 Å². The number of Topliss-reactive ketones (excluding diaryl/α,β-unsaturated/α-hetero) is 1. The first-order chi connectivity index (χ1) is 16.6. The van der Waals surface area contributed by atoms with Gasteiger partial charge in [0.15, 0.2) is 10.9 Å². The van der Waals surface area contributed by atoms with Gasteiger partial charge in [0, 0.05) is 61.4 Å². The van der Waals surface area contributed by atoms with Gasteiger partial charge in [-0.15, -0.1) is 0 Å². The molecule has 5 heterocycles. The lowest BCUT2D eigenvalue weighted by atomic mass is 9.73. The molecule has 0 radical (unpaired) electrons. The molecule has 2 aliphatic rings. The molecule has 0 saturated carbocycles. The maximum atomic E-state index is 13.1. The summed E-state index contributed by atoms with van der Waals surface area (Å²) < 4.78 is 0. The van der Waals surface area contributed by atoms with E-state index in [0.717, 1.165) is 58.9 Å². The van der Waals surface area contributed by atoms with Gasteiger partial charge >= 0.3 is 0 Å². The number of carbonyl (C=O) groups excluding carboxylic acids is 1. The number of aromatic nitrogens is 3. The van der Waals surface area contributed by atoms with Crippen LogP contribution in [0.5, 0.6) is 0 Å². The molecular formula is C26H26N6OS. The summed E-state index contributed by atoms with van der Waals surface area (Å²) in [5, 5.41) is 6.04. The number of nitrogens with one attached hydrogen (secondary N) is 1. The molecule has 2 fully saturated rings. The number of fused-ring (bicyclic) bond motifs is 1. The number of rotatable bonds is 5. The van der Waals surface area contributed by atoms with Crippen LogP contribution in [0.2, 0.25) is 0 Å². The predicted molar refractivity (Wildman–Crippen MR) is 136 cm³/mol. The van der Waals surface area contributed by atoms with Gasteiger partial charge in [-0.1, -0.05) is 23.5 Å². The normalized spacial score (nSPS) is 17.1. The Morgan fingerprint density at radius 2 is 1.88 bits per heavy atom. The van der Waals surface area contributed by atoms with Crippen LogP contribution < -0.4 is 16.0 Å². The van der Waals surface area contributed by atoms with E-state index in [9.17, 15) is 4.79 Å². The van der Waals surface area contributed by atoms with Crippen LogP contribution >= 0.6 is 11.3 Å². The number of thiazole rings is 1. The van der Waals surface area contributed by atoms with Crippen molar-refractivity contribution in [2.75, 3.05) is 36.8 Å². The maximum Gasteiger partial charge on any atom is 0.180 e. The van der Waals surface area contributed by atoms with Gasteiger partial charge < -0.3 is 16.0 Å². The summed E-state index contributed by atoms with van der Waals surface area (Å²) in [6.45, 7) is 4.25. The Morgan fingerprint density at radius 1 is 1.03 bits per heavy atom. The highest BCUT2D eigenvalue weighted by atomic mass is 32.1. The van der Waals surface area contributed by atoms with E-state index in [-0.39, 0.29) is 12.2 Å². The van der Waals surface area contributed by atoms with Gasteiger partial charge in [-0.05, 0) is 53.5 Å². The molecule has 8 heteroatoms. The number of piperidine rings is 1. The number of pyridine rings is 2. The second kappa shape index (κ2) is 8.45. The molecule has 0 atom stereocenters. The van der Waals surface area contributed by atoms with E-state index in [2.05, 4.69) is 31.2 Å². The third-order valence-corrected chi connectivity index (χ3v) is 8.02. The van der Waals surface area contributed by atoms with Crippen molar-refractivity contribution in [3.63, 3.8) is 0 Å². The summed E-state index contributed by atoms with van der Waals surface area (Å²) in [4.78, 5) is 29.7. The van der Waals surface area contributed by atoms with Crippen molar-refractivity contribution in [1.29, 1.82) is 0 Å². The fourth-order valence-corrected chi connectivity index (χ4v) is 5.61. The Bertz CT molecular complexity index is 1370. The van der Waals surface area contributed by atoms with E-state index < -0.39 is 0 Å². The van der Waals surface area contributed by atoms with E-state index in [4.69, 9.17) is 5.73 Å². The summed E-state index contributed by atoms with van der Waals surface area (Å²) in [6.07, 6.45) is 7.98. The highest BCUT2D eigenvalue weighted by Gasteiger charge is 2.39. The van der Waals surface area contributed by atoms with E-state index in [1.807, 2.05) is 30.5 Å². The van der Waals surface area contributed by atoms with E-state index in [0.29, 0.717) is 16.1 Å². The zero-order valence-corrected chi connectivity index (χ0v) is 19.6. The minimum absolute atomic E-state index is 0.0542. The summed E-state index contributed by atoms with van der Waals surface area (Å²) in [5.74, 6) is 0.950. The van der Waals surface area contributed by atoms with Gasteiger partial charge in [0.1, 0.15) is 5.82 Å². The Kier molecular flexibility index (Phi) is 5.27. The highest BCUT2D eigenvalue weighted by molar-refractivity contribution is 7.18. The van der Waals surface area contributed by atoms with Crippen molar-refractivity contribution in [1.82, 2.24) is 20.3 Å². The van der Waals surface area contributed by atoms with Crippen LogP contribution in [-0.2, 0) is 6.42 Å². The van der Waals surface area contributed by atoms with Gasteiger partial charge in [0.25, 0.3) is 0 Å². The molecule has 0 amide bonds. The monoisotopic (exact) mass is 470 g/mol. The molecule has 34 heavy (non-hydrogen) atoms. The van der Waals surface area contributed by atoms with Crippen molar-refractivity contribution in [2.45, 2.75) is 19.3 Å². The Hall–Kier alpha value is -3.36. The van der Waals surface area contributed by atoms with Crippen molar-refractivity contribution in [3.8, 4) is 10.4 Å². The second-order valence-corrected chi connectivity index (χ2v) is 10.5. The standard InChI is InChI=1S/C26H26N6OS/c27-25-31-14-23(34-25)18-1-2-19-13-30-21(10-20(19)9-18)12-22(33)17-3-6-29-24(11-17)32-7-4-26(5-8-32)15-28-16-26/h1-3,6,9-11,13-14,28H,4-5,7-8,12,15-16H2,(H2,27,31). The van der Waals surface area contributed by atoms with Gasteiger partial charge in [-0.2, -0.15) is 0 Å². The van der Waals surface area contributed by atoms with E-state index >= 15 is 0 Å². The van der Waals surface area contributed by atoms with E-state index in [1.54, 1.807) is 18.5 Å². The number of benzene rings is 1. The molecule has 172 valence electrons. The number of carbonyl (C=O) groups is 1. The molecule has 1 spiro atoms. The van der Waals surface area contributed by atoms with Crippen molar-refractivity contribution >= 4 is 38.8 Å². The number of anilines is 2. The summed E-state index contributed by atoms with van der Waals surface area (Å²) in [5.41, 5.74) is 8.78. The third-order valence-electron chi connectivity index (χ3n) is 7.14. The first-order valence-corrected chi connectivity index (χ1v) is 12.4. The minimum Gasteiger partial charge on any atom is -0.375 e. The zero-order chi connectivity index (χ0) is 23.1. The van der Waals surface area contributed by atoms with Gasteiger partial charge in [-0.3, -0.25) is 9.78 Å². The average molecular weight is 471 g/mol. The molecule has 6 rings (SSSR count). The second-order valence-electron chi connectivity index (χ2n) is 9.39. The van der Waals surface area contributed by atoms with Crippen molar-refractivity contribution < 1.29 is 4.79 Å². The first kappa shape index (κ1) is 21.2. The molecular weight excluding hydrogens is 444 g/mol. The van der Waals surface area contributed by atoms with Crippen LogP contribution in [0.3, 0.4) is 0 Å². The largest absolute Gasteiger partial charge is 0.375 e. The van der Waals surface area contributed by atoms with E-state index in [1.165, 1.54) is 24.2 Å². The molecule has 2 saturated heterocycles. The Labute approximate surface area is 202 Å². The van der Waals surface area contributed by atoms with Crippen LogP contribution in [0.4, 0.5) is 10.9 Å². The molecule has 1 aromatic carbocycles. The number of hydrogen-bond acceptors (Lipinski definition) is 8. The first-order valence-electron chi connectivity index (χ1n) is 11.6. The van der Waals surface area contributed by atoms with Gasteiger partial charge in [0.2, 0.25) is 0 Å². The molecule has 0 unspecified atom stereocenters. The van der Waals surface area contributed by atoms with Crippen LogP contribution in [0.25, 0.3) is 21.2 Å². The third kappa shape index (κ3) is 4.03. The number of nitrogens with zero attached hydrogens (tertiary/aromatic N) is 4. The fourth-order valence-electron chi connectivity index (χ4n) is 4.93. The number of hydrogen-bond donors (Lipinski definition) is 2. The molecule has 2 aliphatic heterocycles. The summed E-state index contributed by atoms with van der Waals surface area (Å²) in [7, 11) is 0. The van der Waals surface area contributed by atoms with Crippen molar-refractivity contribution in [2.24, 2.45) is 5.41 Å². The molecule has 0 bridgehead atoms. The Balaban J connectivity index is 1.19. The molecule has 3 N–H and O–H groups in total. The topological polar surface area (TPSA) is 97.0 Å². The predicted octanol–water partition coefficient (Wildman–Crippen LogP) is 3.95. The van der Waals surface area contributed by atoms with Crippen LogP contribution in [0.1, 0.15) is 28.9 Å². The quantitative estimate of drug-likeness (QED) is 0.426. The fraction of sp³-hybridized carbons (Fsp3) is 0.308. The highest BCUT2D eigenvalue weighted by Crippen LogP contribution is 2.36. The average Bonchev–Trinajstić information content (AvgIpc) is 3.29. The van der Waals surface area contributed by atoms with Crippen LogP contribution in [0.15, 0.2) is 55.0 Å². The lowest BCUT2D eigenvalue weighted by Crippen LogP contribution is -2.58. The number of nitrogen functional groups attached to an aromatic ring is 1. The van der Waals surface area contributed by atoms with Gasteiger partial charge in [-0.25, -0.2) is 9.97 Å². The van der Waals surface area contributed by atoms with Crippen LogP contribution in [0, 0.1) is 5.41 Å². The number of ketones is 1. The summed E-state index contributed by atoms with van der Waals surface area (Å²) >= 11 is 1.46. The molecule has 7 nitrogen and oxygen atoms in total. The number of nitrogens with two attached hydrogens (primary N) is 1. The lowest BCUT2D eigenvalue weighted by molar-refractivity contribution is 0.0991. The maximum absolute atomic E-state index is 13.1. The smallest absolute Gasteiger partial charge is 0.180 e. The molecule has 0 aliphatic carbocycles. The lowest BCUT2D eigenvalue weighted by Gasteiger charge is -2.48. The van der Waals surface area contributed by atoms with Crippen molar-refractivity contribution in [3.05, 3.63) is 66.2 Å². The summed E-state index contributed by atoms with van der Waals surface area (Å²) in [6, 6.07) is 11.9. The molecule has 4 aromatic rings. The zero-order valence-electron chi connectivity index (χ0n) is 18.8. The minimum atomic E-state index is 0.0542.